The van der Waals surface area contributed by atoms with Crippen LogP contribution >= 0.6 is 0 Å². The lowest BCUT2D eigenvalue weighted by Crippen LogP contribution is -2.44. The molecule has 0 bridgehead atoms. The topological polar surface area (TPSA) is 84.7 Å². The van der Waals surface area contributed by atoms with Gasteiger partial charge in [0.1, 0.15) is 6.54 Å². The van der Waals surface area contributed by atoms with Gasteiger partial charge in [-0.05, 0) is 35.8 Å². The first-order valence-corrected chi connectivity index (χ1v) is 8.86. The second-order valence-corrected chi connectivity index (χ2v) is 6.84. The molecule has 1 heterocycles. The number of nitrogens with two attached hydrogens (primary N) is 1. The normalized spacial score (nSPS) is 14.9. The highest BCUT2D eigenvalue weighted by atomic mass is 16.5. The molecule has 2 amide bonds. The molecule has 1 aliphatic heterocycles. The molecule has 3 rings (SSSR count). The van der Waals surface area contributed by atoms with E-state index in [-0.39, 0.29) is 24.1 Å². The summed E-state index contributed by atoms with van der Waals surface area (Å²) in [6.45, 7) is 4.47. The minimum absolute atomic E-state index is 0.0997. The van der Waals surface area contributed by atoms with Crippen molar-refractivity contribution >= 4 is 29.3 Å². The Balaban J connectivity index is 1.92. The molecule has 6 heteroatoms. The molecule has 2 aromatic carbocycles. The van der Waals surface area contributed by atoms with Crippen molar-refractivity contribution in [2.45, 2.75) is 13.8 Å². The summed E-state index contributed by atoms with van der Waals surface area (Å²) in [5.41, 5.74) is 7.69. The lowest BCUT2D eigenvalue weighted by Gasteiger charge is -2.30. The lowest BCUT2D eigenvalue weighted by atomic mass is 10.1. The van der Waals surface area contributed by atoms with E-state index >= 15 is 0 Å². The van der Waals surface area contributed by atoms with Crippen molar-refractivity contribution in [2.75, 3.05) is 23.7 Å². The van der Waals surface area contributed by atoms with Crippen molar-refractivity contribution in [3.63, 3.8) is 0 Å². The van der Waals surface area contributed by atoms with E-state index in [4.69, 9.17) is 10.5 Å². The first-order valence-electron chi connectivity index (χ1n) is 8.86. The van der Waals surface area contributed by atoms with E-state index in [2.05, 4.69) is 5.32 Å². The number of nitrogens with zero attached hydrogens (tertiary/aromatic N) is 1. The predicted molar refractivity (Wildman–Crippen MR) is 106 cm³/mol. The van der Waals surface area contributed by atoms with Crippen molar-refractivity contribution in [1.29, 1.82) is 0 Å². The Bertz CT molecular complexity index is 875. The summed E-state index contributed by atoms with van der Waals surface area (Å²) in [5.74, 6) is 0.367. The largest absolute Gasteiger partial charge is 0.449 e. The number of fused-ring (bicyclic) bond motifs is 1. The Morgan fingerprint density at radius 1 is 1.22 bits per heavy atom. The van der Waals surface area contributed by atoms with Crippen LogP contribution in [0, 0.1) is 5.92 Å². The quantitative estimate of drug-likeness (QED) is 0.630. The van der Waals surface area contributed by atoms with Gasteiger partial charge in [-0.1, -0.05) is 44.2 Å². The van der Waals surface area contributed by atoms with Gasteiger partial charge in [0.2, 0.25) is 5.91 Å². The molecule has 0 spiro atoms. The summed E-state index contributed by atoms with van der Waals surface area (Å²) in [4.78, 5) is 26.7. The summed E-state index contributed by atoms with van der Waals surface area (Å²) in [6.07, 6.45) is 1.67. The lowest BCUT2D eigenvalue weighted by molar-refractivity contribution is -0.123. The molecule has 27 heavy (non-hydrogen) atoms. The fourth-order valence-electron chi connectivity index (χ4n) is 2.70. The van der Waals surface area contributed by atoms with E-state index in [1.54, 1.807) is 24.3 Å². The van der Waals surface area contributed by atoms with Gasteiger partial charge < -0.3 is 15.8 Å². The number of hydrogen-bond donors (Lipinski definition) is 2. The fraction of sp³-hybridized carbons (Fsp3) is 0.238. The zero-order valence-electron chi connectivity index (χ0n) is 15.4. The summed E-state index contributed by atoms with van der Waals surface area (Å²) in [5, 5.41) is 2.84. The highest BCUT2D eigenvalue weighted by Crippen LogP contribution is 2.37. The van der Waals surface area contributed by atoms with Gasteiger partial charge >= 0.3 is 0 Å². The molecule has 6 nitrogen and oxygen atoms in total. The molecule has 140 valence electrons. The number of anilines is 2. The van der Waals surface area contributed by atoms with Crippen LogP contribution in [-0.4, -0.2) is 24.9 Å². The van der Waals surface area contributed by atoms with E-state index < -0.39 is 0 Å². The molecular weight excluding hydrogens is 342 g/mol. The van der Waals surface area contributed by atoms with E-state index in [0.717, 1.165) is 5.56 Å². The van der Waals surface area contributed by atoms with Crippen molar-refractivity contribution < 1.29 is 14.3 Å². The number of carbonyl (C=O) groups excluding carboxylic acids is 2. The van der Waals surface area contributed by atoms with Crippen LogP contribution in [0.1, 0.15) is 19.4 Å². The van der Waals surface area contributed by atoms with Crippen LogP contribution in [0.5, 0.6) is 5.75 Å². The van der Waals surface area contributed by atoms with Crippen molar-refractivity contribution in [3.05, 3.63) is 59.9 Å². The van der Waals surface area contributed by atoms with Gasteiger partial charge in [-0.15, -0.1) is 0 Å². The molecule has 0 saturated carbocycles. The molecule has 0 unspecified atom stereocenters. The molecular formula is C21H23N3O3. The Morgan fingerprint density at radius 3 is 2.67 bits per heavy atom. The number of benzene rings is 2. The van der Waals surface area contributed by atoms with Gasteiger partial charge in [0, 0.05) is 12.2 Å². The van der Waals surface area contributed by atoms with Crippen LogP contribution in [0.2, 0.25) is 0 Å². The van der Waals surface area contributed by atoms with Crippen molar-refractivity contribution in [3.8, 4) is 5.75 Å². The van der Waals surface area contributed by atoms with E-state index in [9.17, 15) is 9.59 Å². The number of nitrogen functional groups attached to an aromatic ring is 1. The zero-order valence-corrected chi connectivity index (χ0v) is 15.4. The van der Waals surface area contributed by atoms with Crippen LogP contribution in [0.25, 0.3) is 6.08 Å². The zero-order chi connectivity index (χ0) is 19.4. The Hall–Kier alpha value is -3.28. The van der Waals surface area contributed by atoms with Crippen molar-refractivity contribution in [2.24, 2.45) is 5.92 Å². The highest BCUT2D eigenvalue weighted by molar-refractivity contribution is 6.12. The van der Waals surface area contributed by atoms with Crippen molar-refractivity contribution in [1.82, 2.24) is 5.32 Å². The van der Waals surface area contributed by atoms with Gasteiger partial charge in [-0.25, -0.2) is 0 Å². The Kier molecular flexibility index (Phi) is 5.45. The molecule has 0 atom stereocenters. The third-order valence-electron chi connectivity index (χ3n) is 4.06. The fourth-order valence-corrected chi connectivity index (χ4v) is 2.70. The first-order chi connectivity index (χ1) is 12.9. The number of rotatable bonds is 5. The Labute approximate surface area is 158 Å². The number of amides is 2. The Morgan fingerprint density at radius 2 is 1.96 bits per heavy atom. The van der Waals surface area contributed by atoms with Gasteiger partial charge in [0.05, 0.1) is 5.69 Å². The molecule has 1 aliphatic rings. The summed E-state index contributed by atoms with van der Waals surface area (Å²) in [6, 6.07) is 14.5. The number of hydrogen-bond acceptors (Lipinski definition) is 4. The van der Waals surface area contributed by atoms with Gasteiger partial charge in [0.15, 0.2) is 11.5 Å². The molecule has 0 radical (unpaired) electrons. The van der Waals surface area contributed by atoms with Crippen LogP contribution < -0.4 is 20.7 Å². The highest BCUT2D eigenvalue weighted by Gasteiger charge is 2.32. The minimum Gasteiger partial charge on any atom is -0.449 e. The van der Waals surface area contributed by atoms with Crippen LogP contribution in [-0.2, 0) is 9.59 Å². The maximum Gasteiger partial charge on any atom is 0.294 e. The number of ether oxygens (including phenoxy) is 1. The van der Waals surface area contributed by atoms with Crippen LogP contribution in [0.4, 0.5) is 11.4 Å². The number of carbonyl (C=O) groups is 2. The number of nitrogens with one attached hydrogen (secondary N) is 1. The van der Waals surface area contributed by atoms with Gasteiger partial charge in [0.25, 0.3) is 5.91 Å². The first kappa shape index (κ1) is 18.5. The molecule has 0 aliphatic carbocycles. The summed E-state index contributed by atoms with van der Waals surface area (Å²) in [7, 11) is 0. The predicted octanol–water partition coefficient (Wildman–Crippen LogP) is 2.81. The standard InChI is InChI=1S/C21H23N3O3/c1-14(2)12-23-20(25)13-24-17-11-16(22)8-9-18(17)27-19(21(24)26)10-15-6-4-3-5-7-15/h3-11,14H,12-13,22H2,1-2H3,(H,23,25)/b19-10+. The van der Waals surface area contributed by atoms with Crippen LogP contribution in [0.15, 0.2) is 54.3 Å². The molecule has 0 aromatic heterocycles. The monoisotopic (exact) mass is 365 g/mol. The summed E-state index contributed by atoms with van der Waals surface area (Å²) < 4.78 is 5.80. The van der Waals surface area contributed by atoms with Crippen LogP contribution in [0.3, 0.4) is 0 Å². The smallest absolute Gasteiger partial charge is 0.294 e. The average molecular weight is 365 g/mol. The molecule has 0 saturated heterocycles. The molecule has 0 fully saturated rings. The average Bonchev–Trinajstić information content (AvgIpc) is 2.65. The maximum absolute atomic E-state index is 13.0. The third kappa shape index (κ3) is 4.47. The maximum atomic E-state index is 13.0. The van der Waals surface area contributed by atoms with E-state index in [1.807, 2.05) is 44.2 Å². The van der Waals surface area contributed by atoms with Gasteiger partial charge in [-0.3, -0.25) is 14.5 Å². The molecule has 3 N–H and O–H groups in total. The SMILES string of the molecule is CC(C)CNC(=O)CN1C(=O)/C(=C\c2ccccc2)Oc2ccc(N)cc21. The second kappa shape index (κ2) is 7.95. The van der Waals surface area contributed by atoms with E-state index in [0.29, 0.717) is 29.6 Å². The van der Waals surface area contributed by atoms with Gasteiger partial charge in [-0.2, -0.15) is 0 Å². The van der Waals surface area contributed by atoms with E-state index in [1.165, 1.54) is 4.90 Å². The molecule has 2 aromatic rings. The second-order valence-electron chi connectivity index (χ2n) is 6.84. The third-order valence-corrected chi connectivity index (χ3v) is 4.06. The summed E-state index contributed by atoms with van der Waals surface area (Å²) >= 11 is 0. The minimum atomic E-state index is -0.378.